The van der Waals surface area contributed by atoms with Crippen LogP contribution in [0.5, 0.6) is 0 Å². The van der Waals surface area contributed by atoms with E-state index in [0.29, 0.717) is 15.7 Å². The van der Waals surface area contributed by atoms with E-state index >= 15 is 0 Å². The third kappa shape index (κ3) is 6.67. The van der Waals surface area contributed by atoms with Gasteiger partial charge in [-0.25, -0.2) is 8.42 Å². The van der Waals surface area contributed by atoms with Gasteiger partial charge in [-0.15, -0.1) is 4.83 Å². The van der Waals surface area contributed by atoms with Crippen LogP contribution in [0.1, 0.15) is 12.8 Å². The predicted octanol–water partition coefficient (Wildman–Crippen LogP) is 3.38. The van der Waals surface area contributed by atoms with Crippen molar-refractivity contribution in [2.75, 3.05) is 5.32 Å². The normalized spacial score (nSPS) is 11.1. The van der Waals surface area contributed by atoms with E-state index in [1.165, 1.54) is 36.4 Å². The molecule has 2 aromatic carbocycles. The van der Waals surface area contributed by atoms with Crippen LogP contribution in [0.25, 0.3) is 0 Å². The number of benzene rings is 2. The van der Waals surface area contributed by atoms with Crippen LogP contribution in [-0.2, 0) is 19.6 Å². The van der Waals surface area contributed by atoms with Gasteiger partial charge >= 0.3 is 0 Å². The smallest absolute Gasteiger partial charge is 0.257 e. The largest absolute Gasteiger partial charge is 0.325 e. The summed E-state index contributed by atoms with van der Waals surface area (Å²) in [6.07, 6.45) is -0.409. The van der Waals surface area contributed by atoms with Gasteiger partial charge in [-0.2, -0.15) is 0 Å². The molecule has 11 heteroatoms. The molecule has 0 aliphatic rings. The molecule has 0 unspecified atom stereocenters. The highest BCUT2D eigenvalue weighted by Gasteiger charge is 2.15. The fourth-order valence-electron chi connectivity index (χ4n) is 1.89. The Morgan fingerprint density at radius 1 is 0.852 bits per heavy atom. The molecule has 0 saturated heterocycles. The van der Waals surface area contributed by atoms with Gasteiger partial charge in [0.05, 0.1) is 15.6 Å². The van der Waals surface area contributed by atoms with Gasteiger partial charge in [0.1, 0.15) is 0 Å². The zero-order valence-corrected chi connectivity index (χ0v) is 16.7. The van der Waals surface area contributed by atoms with E-state index in [-0.39, 0.29) is 22.8 Å². The molecule has 2 aromatic rings. The zero-order chi connectivity index (χ0) is 20.0. The Morgan fingerprint density at radius 2 is 1.44 bits per heavy atom. The molecule has 0 atom stereocenters. The second kappa shape index (κ2) is 9.38. The monoisotopic (exact) mass is 449 g/mol. The molecule has 0 spiro atoms. The molecule has 0 saturated carbocycles. The Labute approximate surface area is 171 Å². The number of anilines is 1. The second-order valence-electron chi connectivity index (χ2n) is 5.28. The summed E-state index contributed by atoms with van der Waals surface area (Å²) >= 11 is 17.4. The lowest BCUT2D eigenvalue weighted by atomic mass is 10.2. The van der Waals surface area contributed by atoms with Gasteiger partial charge < -0.3 is 5.32 Å². The Hall–Kier alpha value is -1.84. The standard InChI is InChI=1S/C16H14Cl3N3O4S/c17-10-1-4-12(5-2-10)27(25,26)22-21-16(24)8-7-15(23)20-14-6-3-11(18)9-13(14)19/h1-6,9,22H,7-8H2,(H,20,23)(H,21,24). The van der Waals surface area contributed by atoms with E-state index in [1.54, 1.807) is 6.07 Å². The summed E-state index contributed by atoms with van der Waals surface area (Å²) in [5.41, 5.74) is 2.40. The summed E-state index contributed by atoms with van der Waals surface area (Å²) < 4.78 is 24.0. The summed E-state index contributed by atoms with van der Waals surface area (Å²) in [6, 6.07) is 9.95. The summed E-state index contributed by atoms with van der Waals surface area (Å²) in [7, 11) is -3.94. The van der Waals surface area contributed by atoms with Gasteiger partial charge in [-0.3, -0.25) is 15.0 Å². The van der Waals surface area contributed by atoms with Crippen molar-refractivity contribution in [3.05, 3.63) is 57.5 Å². The molecule has 7 nitrogen and oxygen atoms in total. The van der Waals surface area contributed by atoms with Crippen LogP contribution in [0, 0.1) is 0 Å². The van der Waals surface area contributed by atoms with Gasteiger partial charge in [0.25, 0.3) is 10.0 Å². The molecular weight excluding hydrogens is 437 g/mol. The minimum absolute atomic E-state index is 0.0673. The van der Waals surface area contributed by atoms with E-state index in [4.69, 9.17) is 34.8 Å². The number of rotatable bonds is 7. The molecule has 0 fully saturated rings. The van der Waals surface area contributed by atoms with Crippen LogP contribution in [0.2, 0.25) is 15.1 Å². The van der Waals surface area contributed by atoms with Crippen LogP contribution < -0.4 is 15.6 Å². The molecule has 27 heavy (non-hydrogen) atoms. The second-order valence-corrected chi connectivity index (χ2v) is 8.24. The molecule has 0 aromatic heterocycles. The average Bonchev–Trinajstić information content (AvgIpc) is 2.61. The highest BCUT2D eigenvalue weighted by Crippen LogP contribution is 2.25. The number of amides is 2. The lowest BCUT2D eigenvalue weighted by Gasteiger charge is -2.09. The maximum absolute atomic E-state index is 12.0. The summed E-state index contributed by atoms with van der Waals surface area (Å²) in [6.45, 7) is 0. The lowest BCUT2D eigenvalue weighted by molar-refractivity contribution is -0.124. The van der Waals surface area contributed by atoms with Crippen molar-refractivity contribution in [1.82, 2.24) is 10.3 Å². The number of hydrazine groups is 1. The molecule has 0 bridgehead atoms. The third-order valence-electron chi connectivity index (χ3n) is 3.23. The first-order valence-electron chi connectivity index (χ1n) is 7.48. The Morgan fingerprint density at radius 3 is 2.07 bits per heavy atom. The van der Waals surface area contributed by atoms with E-state index in [0.717, 1.165) is 0 Å². The Bertz CT molecular complexity index is 950. The SMILES string of the molecule is O=C(CCC(=O)Nc1ccc(Cl)cc1Cl)NNS(=O)(=O)c1ccc(Cl)cc1. The number of carbonyl (C=O) groups excluding carboxylic acids is 2. The maximum atomic E-state index is 12.0. The summed E-state index contributed by atoms with van der Waals surface area (Å²) in [5, 5.41) is 3.60. The molecular formula is C16H14Cl3N3O4S. The fourth-order valence-corrected chi connectivity index (χ4v) is 3.33. The Kier molecular flexibility index (Phi) is 7.46. The first-order chi connectivity index (χ1) is 12.7. The Balaban J connectivity index is 1.81. The number of hydrogen-bond acceptors (Lipinski definition) is 4. The summed E-state index contributed by atoms with van der Waals surface area (Å²) in [5.74, 6) is -1.14. The van der Waals surface area contributed by atoms with Crippen molar-refractivity contribution in [3.63, 3.8) is 0 Å². The molecule has 0 radical (unpaired) electrons. The highest BCUT2D eigenvalue weighted by molar-refractivity contribution is 7.89. The minimum Gasteiger partial charge on any atom is -0.325 e. The summed E-state index contributed by atoms with van der Waals surface area (Å²) in [4.78, 5) is 25.5. The van der Waals surface area contributed by atoms with Gasteiger partial charge in [0, 0.05) is 22.9 Å². The van der Waals surface area contributed by atoms with Crippen molar-refractivity contribution in [3.8, 4) is 0 Å². The minimum atomic E-state index is -3.94. The molecule has 0 aliphatic heterocycles. The van der Waals surface area contributed by atoms with Crippen LogP contribution in [-0.4, -0.2) is 20.2 Å². The van der Waals surface area contributed by atoms with Gasteiger partial charge in [-0.1, -0.05) is 34.8 Å². The van der Waals surface area contributed by atoms with Gasteiger partial charge in [0.2, 0.25) is 11.8 Å². The van der Waals surface area contributed by atoms with Gasteiger partial charge in [0.15, 0.2) is 0 Å². The fraction of sp³-hybridized carbons (Fsp3) is 0.125. The maximum Gasteiger partial charge on any atom is 0.257 e. The molecule has 2 amide bonds. The van der Waals surface area contributed by atoms with Gasteiger partial charge in [-0.05, 0) is 42.5 Å². The van der Waals surface area contributed by atoms with Crippen molar-refractivity contribution >= 4 is 62.3 Å². The van der Waals surface area contributed by atoms with Crippen LogP contribution in [0.15, 0.2) is 47.4 Å². The topological polar surface area (TPSA) is 104 Å². The number of nitrogens with one attached hydrogen (secondary N) is 3. The molecule has 144 valence electrons. The third-order valence-corrected chi connectivity index (χ3v) is 5.30. The van der Waals surface area contributed by atoms with Crippen LogP contribution in [0.3, 0.4) is 0 Å². The van der Waals surface area contributed by atoms with Crippen molar-refractivity contribution in [2.24, 2.45) is 0 Å². The van der Waals surface area contributed by atoms with Crippen molar-refractivity contribution in [2.45, 2.75) is 17.7 Å². The van der Waals surface area contributed by atoms with Crippen LogP contribution >= 0.6 is 34.8 Å². The van der Waals surface area contributed by atoms with E-state index in [2.05, 4.69) is 5.32 Å². The lowest BCUT2D eigenvalue weighted by Crippen LogP contribution is -2.41. The predicted molar refractivity (Wildman–Crippen MR) is 104 cm³/mol. The first-order valence-corrected chi connectivity index (χ1v) is 10.1. The van der Waals surface area contributed by atoms with Crippen molar-refractivity contribution < 1.29 is 18.0 Å². The molecule has 2 rings (SSSR count). The quantitative estimate of drug-likeness (QED) is 0.562. The van der Waals surface area contributed by atoms with E-state index in [9.17, 15) is 18.0 Å². The number of carbonyl (C=O) groups is 2. The highest BCUT2D eigenvalue weighted by atomic mass is 35.5. The number of hydrogen-bond donors (Lipinski definition) is 3. The first kappa shape index (κ1) is 21.5. The molecule has 0 aliphatic carbocycles. The van der Waals surface area contributed by atoms with Crippen molar-refractivity contribution in [1.29, 1.82) is 0 Å². The molecule has 3 N–H and O–H groups in total. The van der Waals surface area contributed by atoms with Crippen LogP contribution in [0.4, 0.5) is 5.69 Å². The zero-order valence-electron chi connectivity index (χ0n) is 13.6. The number of sulfonamides is 1. The average molecular weight is 451 g/mol. The molecule has 0 heterocycles. The van der Waals surface area contributed by atoms with E-state index < -0.39 is 21.8 Å². The van der Waals surface area contributed by atoms with E-state index in [1.807, 2.05) is 10.3 Å². The number of halogens is 3.